The molecular formula is C10H10N2O. The van der Waals surface area contributed by atoms with E-state index in [2.05, 4.69) is 10.9 Å². The van der Waals surface area contributed by atoms with Gasteiger partial charge in [-0.15, -0.1) is 6.42 Å². The second-order valence-corrected chi connectivity index (χ2v) is 2.50. The first-order valence-electron chi connectivity index (χ1n) is 3.88. The van der Waals surface area contributed by atoms with Crippen molar-refractivity contribution >= 4 is 11.7 Å². The van der Waals surface area contributed by atoms with Crippen molar-refractivity contribution in [1.29, 1.82) is 0 Å². The number of hydrogen-bond acceptors (Lipinski definition) is 2. The van der Waals surface area contributed by atoms with E-state index in [-0.39, 0.29) is 12.5 Å². The van der Waals surface area contributed by atoms with E-state index in [0.29, 0.717) is 5.82 Å². The summed E-state index contributed by atoms with van der Waals surface area (Å²) in [6.45, 7) is 1.72. The number of carbonyl (C=O) groups excluding carboxylic acids is 1. The van der Waals surface area contributed by atoms with Crippen LogP contribution in [0.15, 0.2) is 24.4 Å². The Morgan fingerprint density at radius 1 is 1.69 bits per heavy atom. The van der Waals surface area contributed by atoms with E-state index >= 15 is 0 Å². The van der Waals surface area contributed by atoms with E-state index in [9.17, 15) is 4.79 Å². The van der Waals surface area contributed by atoms with E-state index < -0.39 is 0 Å². The third-order valence-electron chi connectivity index (χ3n) is 1.56. The maximum atomic E-state index is 11.1. The van der Waals surface area contributed by atoms with Crippen molar-refractivity contribution in [1.82, 2.24) is 4.98 Å². The highest BCUT2D eigenvalue weighted by molar-refractivity contribution is 5.90. The number of rotatable bonds is 2. The molecule has 66 valence electrons. The van der Waals surface area contributed by atoms with Crippen LogP contribution in [-0.4, -0.2) is 17.4 Å². The number of amides is 1. The molecule has 0 aliphatic rings. The highest BCUT2D eigenvalue weighted by atomic mass is 16.2. The number of pyridine rings is 1. The zero-order chi connectivity index (χ0) is 9.68. The second kappa shape index (κ2) is 4.27. The summed E-state index contributed by atoms with van der Waals surface area (Å²) in [5, 5.41) is 0. The lowest BCUT2D eigenvalue weighted by Crippen LogP contribution is -2.29. The SMILES string of the molecule is C#CCN(C(C)=O)c1ccccn1. The van der Waals surface area contributed by atoms with Crippen LogP contribution < -0.4 is 4.90 Å². The smallest absolute Gasteiger partial charge is 0.225 e. The van der Waals surface area contributed by atoms with Gasteiger partial charge in [-0.1, -0.05) is 12.0 Å². The summed E-state index contributed by atoms with van der Waals surface area (Å²) >= 11 is 0. The summed E-state index contributed by atoms with van der Waals surface area (Å²) in [5.41, 5.74) is 0. The molecule has 1 aromatic heterocycles. The molecular weight excluding hydrogens is 164 g/mol. The molecule has 0 spiro atoms. The minimum Gasteiger partial charge on any atom is -0.285 e. The van der Waals surface area contributed by atoms with Gasteiger partial charge in [0.05, 0.1) is 6.54 Å². The normalized spacial score (nSPS) is 8.92. The summed E-state index contributed by atoms with van der Waals surface area (Å²) in [4.78, 5) is 16.6. The van der Waals surface area contributed by atoms with Crippen molar-refractivity contribution in [2.75, 3.05) is 11.4 Å². The summed E-state index contributed by atoms with van der Waals surface area (Å²) in [5.74, 6) is 2.90. The molecule has 3 heteroatoms. The third kappa shape index (κ3) is 2.31. The lowest BCUT2D eigenvalue weighted by molar-refractivity contribution is -0.116. The molecule has 13 heavy (non-hydrogen) atoms. The van der Waals surface area contributed by atoms with Crippen molar-refractivity contribution in [3.8, 4) is 12.3 Å². The Kier molecular flexibility index (Phi) is 3.04. The third-order valence-corrected chi connectivity index (χ3v) is 1.56. The van der Waals surface area contributed by atoms with Crippen LogP contribution in [0.5, 0.6) is 0 Å². The van der Waals surface area contributed by atoms with Gasteiger partial charge in [-0.2, -0.15) is 0 Å². The molecule has 0 aliphatic heterocycles. The van der Waals surface area contributed by atoms with Crippen LogP contribution in [0.25, 0.3) is 0 Å². The van der Waals surface area contributed by atoms with Crippen LogP contribution in [0.4, 0.5) is 5.82 Å². The molecule has 1 amide bonds. The molecule has 0 aromatic carbocycles. The average molecular weight is 174 g/mol. The molecule has 1 rings (SSSR count). The molecule has 0 N–H and O–H groups in total. The predicted octanol–water partition coefficient (Wildman–Crippen LogP) is 1.07. The number of hydrogen-bond donors (Lipinski definition) is 0. The Bertz CT molecular complexity index is 327. The fourth-order valence-electron chi connectivity index (χ4n) is 0.958. The van der Waals surface area contributed by atoms with Gasteiger partial charge in [0, 0.05) is 13.1 Å². The lowest BCUT2D eigenvalue weighted by Gasteiger charge is -2.16. The highest BCUT2D eigenvalue weighted by Gasteiger charge is 2.09. The first-order chi connectivity index (χ1) is 6.25. The summed E-state index contributed by atoms with van der Waals surface area (Å²) in [6.07, 6.45) is 6.76. The Hall–Kier alpha value is -1.82. The first-order valence-corrected chi connectivity index (χ1v) is 3.88. The van der Waals surface area contributed by atoms with Gasteiger partial charge in [0.1, 0.15) is 5.82 Å². The quantitative estimate of drug-likeness (QED) is 0.628. The number of nitrogens with zero attached hydrogens (tertiary/aromatic N) is 2. The van der Waals surface area contributed by atoms with Gasteiger partial charge in [-0.25, -0.2) is 4.98 Å². The molecule has 3 nitrogen and oxygen atoms in total. The Morgan fingerprint density at radius 2 is 2.46 bits per heavy atom. The Labute approximate surface area is 77.4 Å². The van der Waals surface area contributed by atoms with Gasteiger partial charge in [0.15, 0.2) is 0 Å². The molecule has 0 radical (unpaired) electrons. The minimum absolute atomic E-state index is 0.100. The van der Waals surface area contributed by atoms with Crippen molar-refractivity contribution < 1.29 is 4.79 Å². The zero-order valence-corrected chi connectivity index (χ0v) is 7.40. The second-order valence-electron chi connectivity index (χ2n) is 2.50. The van der Waals surface area contributed by atoms with Gasteiger partial charge in [0.25, 0.3) is 0 Å². The van der Waals surface area contributed by atoms with Gasteiger partial charge >= 0.3 is 0 Å². The standard InChI is InChI=1S/C10H10N2O/c1-3-8-12(9(2)13)10-6-4-5-7-11-10/h1,4-7H,8H2,2H3. The van der Waals surface area contributed by atoms with Crippen LogP contribution >= 0.6 is 0 Å². The highest BCUT2D eigenvalue weighted by Crippen LogP contribution is 2.08. The maximum Gasteiger partial charge on any atom is 0.225 e. The van der Waals surface area contributed by atoms with Crippen molar-refractivity contribution in [3.05, 3.63) is 24.4 Å². The van der Waals surface area contributed by atoms with Crippen LogP contribution in [-0.2, 0) is 4.79 Å². The van der Waals surface area contributed by atoms with E-state index in [1.54, 1.807) is 18.3 Å². The van der Waals surface area contributed by atoms with Gasteiger partial charge < -0.3 is 0 Å². The molecule has 0 bridgehead atoms. The molecule has 0 atom stereocenters. The summed E-state index contributed by atoms with van der Waals surface area (Å²) < 4.78 is 0. The fourth-order valence-corrected chi connectivity index (χ4v) is 0.958. The van der Waals surface area contributed by atoms with E-state index in [1.165, 1.54) is 11.8 Å². The largest absolute Gasteiger partial charge is 0.285 e. The number of anilines is 1. The first kappa shape index (κ1) is 9.27. The average Bonchev–Trinajstić information content (AvgIpc) is 2.15. The van der Waals surface area contributed by atoms with Crippen molar-refractivity contribution in [3.63, 3.8) is 0 Å². The predicted molar refractivity (Wildman–Crippen MR) is 51.1 cm³/mol. The molecule has 0 aliphatic carbocycles. The van der Waals surface area contributed by atoms with Gasteiger partial charge in [-0.3, -0.25) is 9.69 Å². The lowest BCUT2D eigenvalue weighted by atomic mass is 10.4. The van der Waals surface area contributed by atoms with Crippen LogP contribution in [0, 0.1) is 12.3 Å². The number of aromatic nitrogens is 1. The Morgan fingerprint density at radius 3 is 2.92 bits per heavy atom. The fraction of sp³-hybridized carbons (Fsp3) is 0.200. The van der Waals surface area contributed by atoms with Gasteiger partial charge in [0.2, 0.25) is 5.91 Å². The molecule has 0 saturated carbocycles. The van der Waals surface area contributed by atoms with E-state index in [4.69, 9.17) is 6.42 Å². The van der Waals surface area contributed by atoms with Crippen LogP contribution in [0.3, 0.4) is 0 Å². The number of terminal acetylenes is 1. The topological polar surface area (TPSA) is 33.2 Å². The molecule has 1 aromatic rings. The van der Waals surface area contributed by atoms with Crippen molar-refractivity contribution in [2.24, 2.45) is 0 Å². The molecule has 1 heterocycles. The van der Waals surface area contributed by atoms with E-state index in [1.807, 2.05) is 6.07 Å². The summed E-state index contributed by atoms with van der Waals surface area (Å²) in [7, 11) is 0. The van der Waals surface area contributed by atoms with Crippen LogP contribution in [0.1, 0.15) is 6.92 Å². The minimum atomic E-state index is -0.100. The Balaban J connectivity index is 2.90. The van der Waals surface area contributed by atoms with Crippen molar-refractivity contribution in [2.45, 2.75) is 6.92 Å². The monoisotopic (exact) mass is 174 g/mol. The molecule has 0 saturated heterocycles. The summed E-state index contributed by atoms with van der Waals surface area (Å²) in [6, 6.07) is 5.35. The zero-order valence-electron chi connectivity index (χ0n) is 7.40. The number of carbonyl (C=O) groups is 1. The molecule has 0 unspecified atom stereocenters. The van der Waals surface area contributed by atoms with E-state index in [0.717, 1.165) is 0 Å². The van der Waals surface area contributed by atoms with Gasteiger partial charge in [-0.05, 0) is 12.1 Å². The molecule has 0 fully saturated rings. The maximum absolute atomic E-state index is 11.1. The van der Waals surface area contributed by atoms with Crippen LogP contribution in [0.2, 0.25) is 0 Å².